The van der Waals surface area contributed by atoms with E-state index in [2.05, 4.69) is 6.92 Å². The lowest BCUT2D eigenvalue weighted by atomic mass is 9.88. The van der Waals surface area contributed by atoms with Crippen molar-refractivity contribution in [1.29, 1.82) is 5.41 Å². The highest BCUT2D eigenvalue weighted by atomic mass is 16.5. The Labute approximate surface area is 80.2 Å². The van der Waals surface area contributed by atoms with E-state index in [0.717, 1.165) is 0 Å². The number of amidine groups is 1. The molecule has 2 unspecified atom stereocenters. The van der Waals surface area contributed by atoms with Crippen molar-refractivity contribution in [2.75, 3.05) is 6.61 Å². The summed E-state index contributed by atoms with van der Waals surface area (Å²) in [7, 11) is 0. The molecule has 0 bridgehead atoms. The third kappa shape index (κ3) is 3.77. The number of rotatable bonds is 4. The zero-order valence-electron chi connectivity index (χ0n) is 8.38. The van der Waals surface area contributed by atoms with E-state index in [1.165, 1.54) is 25.7 Å². The molecule has 3 heteroatoms. The first-order chi connectivity index (χ1) is 6.20. The summed E-state index contributed by atoms with van der Waals surface area (Å²) < 4.78 is 5.69. The van der Waals surface area contributed by atoms with Crippen molar-refractivity contribution in [2.45, 2.75) is 45.1 Å². The fraction of sp³-hybridized carbons (Fsp3) is 0.900. The predicted octanol–water partition coefficient (Wildman–Crippen LogP) is 1.91. The van der Waals surface area contributed by atoms with E-state index >= 15 is 0 Å². The van der Waals surface area contributed by atoms with Gasteiger partial charge in [0.1, 0.15) is 0 Å². The Bertz CT molecular complexity index is 170. The van der Waals surface area contributed by atoms with Crippen molar-refractivity contribution in [1.82, 2.24) is 0 Å². The first kappa shape index (κ1) is 10.5. The molecule has 1 saturated carbocycles. The summed E-state index contributed by atoms with van der Waals surface area (Å²) in [6.45, 7) is 2.86. The molecule has 0 aromatic carbocycles. The topological polar surface area (TPSA) is 59.1 Å². The molecule has 0 saturated heterocycles. The minimum absolute atomic E-state index is 0.225. The van der Waals surface area contributed by atoms with Crippen LogP contribution >= 0.6 is 0 Å². The highest BCUT2D eigenvalue weighted by Crippen LogP contribution is 2.26. The van der Waals surface area contributed by atoms with Crippen molar-refractivity contribution in [3.05, 3.63) is 0 Å². The normalized spacial score (nSPS) is 28.7. The zero-order chi connectivity index (χ0) is 9.68. The fourth-order valence-corrected chi connectivity index (χ4v) is 1.85. The van der Waals surface area contributed by atoms with Gasteiger partial charge in [0.15, 0.2) is 0 Å². The van der Waals surface area contributed by atoms with Crippen LogP contribution in [0.3, 0.4) is 0 Å². The van der Waals surface area contributed by atoms with E-state index in [1.807, 2.05) is 0 Å². The van der Waals surface area contributed by atoms with Gasteiger partial charge >= 0.3 is 0 Å². The molecule has 3 N–H and O–H groups in total. The first-order valence-electron chi connectivity index (χ1n) is 5.14. The second-order valence-electron chi connectivity index (χ2n) is 3.95. The average Bonchev–Trinajstić information content (AvgIpc) is 2.08. The number of hydrogen-bond donors (Lipinski definition) is 2. The average molecular weight is 184 g/mol. The van der Waals surface area contributed by atoms with Gasteiger partial charge in [0.05, 0.1) is 18.5 Å². The Hall–Kier alpha value is -0.570. The van der Waals surface area contributed by atoms with Crippen LogP contribution in [-0.2, 0) is 4.74 Å². The van der Waals surface area contributed by atoms with Gasteiger partial charge in [-0.05, 0) is 18.8 Å². The van der Waals surface area contributed by atoms with Crippen molar-refractivity contribution >= 4 is 5.84 Å². The van der Waals surface area contributed by atoms with Crippen molar-refractivity contribution in [3.63, 3.8) is 0 Å². The quantitative estimate of drug-likeness (QED) is 0.518. The molecule has 0 heterocycles. The van der Waals surface area contributed by atoms with E-state index in [0.29, 0.717) is 25.0 Å². The van der Waals surface area contributed by atoms with E-state index in [1.54, 1.807) is 0 Å². The van der Waals surface area contributed by atoms with Crippen LogP contribution in [0.15, 0.2) is 0 Å². The Morgan fingerprint density at radius 3 is 2.77 bits per heavy atom. The maximum Gasteiger partial charge on any atom is 0.0928 e. The number of ether oxygens (including phenoxy) is 1. The third-order valence-electron chi connectivity index (χ3n) is 2.74. The molecule has 0 aromatic heterocycles. The van der Waals surface area contributed by atoms with Crippen LogP contribution in [0.1, 0.15) is 39.0 Å². The molecular formula is C10H20N2O. The second kappa shape index (κ2) is 5.22. The third-order valence-corrected chi connectivity index (χ3v) is 2.74. The van der Waals surface area contributed by atoms with Crippen LogP contribution in [-0.4, -0.2) is 18.5 Å². The summed E-state index contributed by atoms with van der Waals surface area (Å²) in [5.41, 5.74) is 5.25. The minimum Gasteiger partial charge on any atom is -0.388 e. The van der Waals surface area contributed by atoms with Crippen molar-refractivity contribution < 1.29 is 4.74 Å². The van der Waals surface area contributed by atoms with Crippen LogP contribution < -0.4 is 5.73 Å². The molecule has 2 atom stereocenters. The largest absolute Gasteiger partial charge is 0.388 e. The SMILES string of the molecule is CC1CCCCC1OCCC(=N)N. The zero-order valence-corrected chi connectivity index (χ0v) is 8.38. The van der Waals surface area contributed by atoms with Gasteiger partial charge in [-0.2, -0.15) is 0 Å². The number of nitrogens with one attached hydrogen (secondary N) is 1. The molecule has 0 spiro atoms. The molecule has 1 aliphatic carbocycles. The van der Waals surface area contributed by atoms with Gasteiger partial charge in [-0.1, -0.05) is 19.8 Å². The molecule has 3 nitrogen and oxygen atoms in total. The van der Waals surface area contributed by atoms with Gasteiger partial charge in [-0.25, -0.2) is 0 Å². The Kier molecular flexibility index (Phi) is 4.22. The summed E-state index contributed by atoms with van der Waals surface area (Å²) in [5.74, 6) is 0.907. The molecule has 76 valence electrons. The minimum atomic E-state index is 0.225. The molecule has 13 heavy (non-hydrogen) atoms. The predicted molar refractivity (Wildman–Crippen MR) is 53.9 cm³/mol. The number of hydrogen-bond acceptors (Lipinski definition) is 2. The van der Waals surface area contributed by atoms with Crippen LogP contribution in [0, 0.1) is 11.3 Å². The highest BCUT2D eigenvalue weighted by molar-refractivity contribution is 5.76. The standard InChI is InChI=1S/C10H20N2O/c1-8-4-2-3-5-9(8)13-7-6-10(11)12/h8-9H,2-7H2,1H3,(H3,11,12). The molecule has 0 radical (unpaired) electrons. The highest BCUT2D eigenvalue weighted by Gasteiger charge is 2.21. The maximum absolute atomic E-state index is 7.06. The lowest BCUT2D eigenvalue weighted by Crippen LogP contribution is -2.27. The molecule has 0 aliphatic heterocycles. The molecule has 0 amide bonds. The van der Waals surface area contributed by atoms with Crippen molar-refractivity contribution in [3.8, 4) is 0 Å². The Balaban J connectivity index is 2.15. The van der Waals surface area contributed by atoms with Gasteiger partial charge in [0.2, 0.25) is 0 Å². The molecule has 1 aliphatic rings. The fourth-order valence-electron chi connectivity index (χ4n) is 1.85. The number of nitrogens with two attached hydrogens (primary N) is 1. The molecule has 1 fully saturated rings. The lowest BCUT2D eigenvalue weighted by molar-refractivity contribution is -0.00144. The van der Waals surface area contributed by atoms with E-state index < -0.39 is 0 Å². The van der Waals surface area contributed by atoms with Crippen LogP contribution in [0.25, 0.3) is 0 Å². The molecule has 1 rings (SSSR count). The van der Waals surface area contributed by atoms with Gasteiger partial charge in [0.25, 0.3) is 0 Å². The summed E-state index contributed by atoms with van der Waals surface area (Å²) >= 11 is 0. The van der Waals surface area contributed by atoms with Gasteiger partial charge in [-0.3, -0.25) is 5.41 Å². The van der Waals surface area contributed by atoms with Crippen LogP contribution in [0.4, 0.5) is 0 Å². The summed E-state index contributed by atoms with van der Waals surface area (Å²) in [5, 5.41) is 7.06. The summed E-state index contributed by atoms with van der Waals surface area (Å²) in [4.78, 5) is 0. The van der Waals surface area contributed by atoms with Gasteiger partial charge < -0.3 is 10.5 Å². The summed E-state index contributed by atoms with van der Waals surface area (Å²) in [6.07, 6.45) is 6.07. The summed E-state index contributed by atoms with van der Waals surface area (Å²) in [6, 6.07) is 0. The van der Waals surface area contributed by atoms with Crippen molar-refractivity contribution in [2.24, 2.45) is 11.7 Å². The maximum atomic E-state index is 7.06. The van der Waals surface area contributed by atoms with E-state index in [-0.39, 0.29) is 5.84 Å². The first-order valence-corrected chi connectivity index (χ1v) is 5.14. The Morgan fingerprint density at radius 1 is 1.46 bits per heavy atom. The van der Waals surface area contributed by atoms with Gasteiger partial charge in [-0.15, -0.1) is 0 Å². The van der Waals surface area contributed by atoms with Crippen LogP contribution in [0.2, 0.25) is 0 Å². The van der Waals surface area contributed by atoms with E-state index in [4.69, 9.17) is 15.9 Å². The van der Waals surface area contributed by atoms with Crippen LogP contribution in [0.5, 0.6) is 0 Å². The smallest absolute Gasteiger partial charge is 0.0928 e. The lowest BCUT2D eigenvalue weighted by Gasteiger charge is -2.28. The Morgan fingerprint density at radius 2 is 2.15 bits per heavy atom. The molecule has 0 aromatic rings. The molecular weight excluding hydrogens is 164 g/mol. The second-order valence-corrected chi connectivity index (χ2v) is 3.95. The van der Waals surface area contributed by atoms with E-state index in [9.17, 15) is 0 Å². The monoisotopic (exact) mass is 184 g/mol. The van der Waals surface area contributed by atoms with Gasteiger partial charge in [0, 0.05) is 6.42 Å².